The molecule has 0 aromatic carbocycles. The van der Waals surface area contributed by atoms with Crippen molar-refractivity contribution in [2.24, 2.45) is 11.8 Å². The van der Waals surface area contributed by atoms with E-state index in [1.54, 1.807) is 0 Å². The van der Waals surface area contributed by atoms with E-state index < -0.39 is 14.6 Å². The van der Waals surface area contributed by atoms with Crippen LogP contribution in [0.3, 0.4) is 0 Å². The van der Waals surface area contributed by atoms with Crippen LogP contribution in [0.2, 0.25) is 0 Å². The zero-order valence-electron chi connectivity index (χ0n) is 8.32. The number of fused-ring (bicyclic) bond motifs is 5. The van der Waals surface area contributed by atoms with E-state index in [2.05, 4.69) is 31.9 Å². The first-order valence-electron chi connectivity index (χ1n) is 4.91. The maximum atomic E-state index is 13.8. The van der Waals surface area contributed by atoms with E-state index in [0.717, 1.165) is 11.1 Å². The third kappa shape index (κ3) is 0.734. The number of rotatable bonds is 0. The molecule has 0 N–H and O–H groups in total. The lowest BCUT2D eigenvalue weighted by Crippen LogP contribution is -2.22. The lowest BCUT2D eigenvalue weighted by atomic mass is 9.93. The summed E-state index contributed by atoms with van der Waals surface area (Å²) < 4.78 is 25.5. The van der Waals surface area contributed by atoms with Gasteiger partial charge >= 0.3 is 0 Å². The highest BCUT2D eigenvalue weighted by molar-refractivity contribution is 9.13. The van der Waals surface area contributed by atoms with Crippen molar-refractivity contribution in [3.8, 4) is 0 Å². The maximum absolute atomic E-state index is 13.8. The Labute approximate surface area is 104 Å². The van der Waals surface area contributed by atoms with Crippen LogP contribution in [0, 0.1) is 11.8 Å². The number of hydrogen-bond donors (Lipinski definition) is 0. The van der Waals surface area contributed by atoms with E-state index in [9.17, 15) is 8.78 Å². The molecular formula is C11H10Br2F2. The molecule has 15 heavy (non-hydrogen) atoms. The molecule has 0 unspecified atom stereocenters. The van der Waals surface area contributed by atoms with Gasteiger partial charge in [0.05, 0.1) is 0 Å². The summed E-state index contributed by atoms with van der Waals surface area (Å²) in [5.74, 6) is -2.96. The molecule has 82 valence electrons. The molecule has 0 saturated heterocycles. The van der Waals surface area contributed by atoms with Crippen molar-refractivity contribution in [3.05, 3.63) is 23.3 Å². The molecule has 0 aromatic rings. The molecule has 4 heteroatoms. The molecule has 0 aliphatic heterocycles. The molecule has 2 saturated carbocycles. The van der Waals surface area contributed by atoms with E-state index in [0.29, 0.717) is 0 Å². The van der Waals surface area contributed by atoms with Crippen LogP contribution in [0.1, 0.15) is 13.8 Å². The summed E-state index contributed by atoms with van der Waals surface area (Å²) in [6.45, 7) is 4.00. The third-order valence-electron chi connectivity index (χ3n) is 3.98. The summed E-state index contributed by atoms with van der Waals surface area (Å²) in [4.78, 5) is 0. The van der Waals surface area contributed by atoms with Gasteiger partial charge in [-0.25, -0.2) is 8.78 Å². The fourth-order valence-electron chi connectivity index (χ4n) is 3.24. The van der Waals surface area contributed by atoms with Gasteiger partial charge in [-0.1, -0.05) is 55.2 Å². The molecular weight excluding hydrogens is 330 g/mol. The van der Waals surface area contributed by atoms with Crippen LogP contribution in [0.25, 0.3) is 0 Å². The van der Waals surface area contributed by atoms with Crippen LogP contribution in [-0.2, 0) is 0 Å². The quantitative estimate of drug-likeness (QED) is 0.461. The summed E-state index contributed by atoms with van der Waals surface area (Å²) in [6.07, 6.45) is 3.84. The zero-order chi connectivity index (χ0) is 11.2. The lowest BCUT2D eigenvalue weighted by molar-refractivity contribution is 0.0838. The van der Waals surface area contributed by atoms with Gasteiger partial charge < -0.3 is 0 Å². The van der Waals surface area contributed by atoms with Crippen molar-refractivity contribution in [1.29, 1.82) is 0 Å². The number of halogens is 4. The first-order valence-corrected chi connectivity index (χ1v) is 6.50. The van der Waals surface area contributed by atoms with Gasteiger partial charge in [0, 0.05) is 11.8 Å². The van der Waals surface area contributed by atoms with Gasteiger partial charge in [-0.2, -0.15) is 0 Å². The van der Waals surface area contributed by atoms with E-state index >= 15 is 0 Å². The summed E-state index contributed by atoms with van der Waals surface area (Å²) in [5, 5.41) is 0. The molecule has 3 rings (SSSR count). The second-order valence-corrected chi connectivity index (χ2v) is 7.30. The number of allylic oxidation sites excluding steroid dienone is 4. The number of alkyl halides is 4. The molecule has 3 aliphatic rings. The molecule has 0 nitrogen and oxygen atoms in total. The van der Waals surface area contributed by atoms with Crippen LogP contribution in [0.5, 0.6) is 0 Å². The average molecular weight is 340 g/mol. The number of hydrogen-bond acceptors (Lipinski definition) is 0. The van der Waals surface area contributed by atoms with E-state index in [1.165, 1.54) is 0 Å². The highest BCUT2D eigenvalue weighted by Gasteiger charge is 2.98. The van der Waals surface area contributed by atoms with Crippen LogP contribution in [0.4, 0.5) is 8.78 Å². The average Bonchev–Trinajstić information content (AvgIpc) is 2.56. The Morgan fingerprint density at radius 3 is 1.87 bits per heavy atom. The first kappa shape index (κ1) is 10.5. The Bertz CT molecular complexity index is 392. The van der Waals surface area contributed by atoms with Gasteiger partial charge in [-0.15, -0.1) is 0 Å². The van der Waals surface area contributed by atoms with Crippen LogP contribution >= 0.6 is 31.9 Å². The Balaban J connectivity index is 2.21. The molecule has 0 amide bonds. The van der Waals surface area contributed by atoms with Crippen molar-refractivity contribution in [2.75, 3.05) is 0 Å². The van der Waals surface area contributed by atoms with Crippen molar-refractivity contribution >= 4 is 31.9 Å². The van der Waals surface area contributed by atoms with Crippen LogP contribution in [0.15, 0.2) is 23.3 Å². The van der Waals surface area contributed by atoms with Crippen LogP contribution < -0.4 is 0 Å². The van der Waals surface area contributed by atoms with Crippen molar-refractivity contribution in [1.82, 2.24) is 0 Å². The van der Waals surface area contributed by atoms with Gasteiger partial charge in [0.15, 0.2) is 0 Å². The summed E-state index contributed by atoms with van der Waals surface area (Å²) in [5.41, 5.74) is 2.32. The summed E-state index contributed by atoms with van der Waals surface area (Å²) in [6, 6.07) is 0. The Hall–Kier alpha value is 0.300. The zero-order valence-corrected chi connectivity index (χ0v) is 11.5. The highest BCUT2D eigenvalue weighted by Crippen LogP contribution is 2.86. The Morgan fingerprint density at radius 1 is 1.13 bits per heavy atom. The fraction of sp³-hybridized carbons (Fsp3) is 0.636. The molecule has 2 fully saturated rings. The minimum Gasteiger partial charge on any atom is -0.203 e. The molecule has 0 radical (unpaired) electrons. The predicted molar refractivity (Wildman–Crippen MR) is 62.8 cm³/mol. The van der Waals surface area contributed by atoms with Crippen LogP contribution in [-0.4, -0.2) is 14.6 Å². The predicted octanol–water partition coefficient (Wildman–Crippen LogP) is 4.05. The smallest absolute Gasteiger partial charge is 0.203 e. The SMILES string of the molecule is CC(C)=C1[C@H]2C=C[C@@H]1[C@@]1(Br)C(F)(F)[C@@]21Br. The second-order valence-electron chi connectivity index (χ2n) is 4.79. The third-order valence-corrected chi connectivity index (χ3v) is 7.75. The van der Waals surface area contributed by atoms with Crippen molar-refractivity contribution in [3.63, 3.8) is 0 Å². The highest BCUT2D eigenvalue weighted by atomic mass is 79.9. The van der Waals surface area contributed by atoms with Gasteiger partial charge in [0.2, 0.25) is 0 Å². The van der Waals surface area contributed by atoms with Gasteiger partial charge in [-0.05, 0) is 13.8 Å². The summed E-state index contributed by atoms with van der Waals surface area (Å²) in [7, 11) is 0. The Kier molecular flexibility index (Phi) is 1.69. The van der Waals surface area contributed by atoms with Crippen molar-refractivity contribution < 1.29 is 8.78 Å². The normalized spacial score (nSPS) is 53.3. The molecule has 3 aliphatic carbocycles. The molecule has 2 bridgehead atoms. The van der Waals surface area contributed by atoms with Gasteiger partial charge in [-0.3, -0.25) is 0 Å². The summed E-state index contributed by atoms with van der Waals surface area (Å²) >= 11 is 6.56. The maximum Gasteiger partial charge on any atom is 0.283 e. The monoisotopic (exact) mass is 338 g/mol. The van der Waals surface area contributed by atoms with E-state index in [4.69, 9.17) is 0 Å². The lowest BCUT2D eigenvalue weighted by Gasteiger charge is -2.19. The largest absolute Gasteiger partial charge is 0.283 e. The topological polar surface area (TPSA) is 0 Å². The van der Waals surface area contributed by atoms with E-state index in [1.807, 2.05) is 26.0 Å². The molecule has 0 heterocycles. The second kappa shape index (κ2) is 2.42. The molecule has 4 atom stereocenters. The molecule has 0 spiro atoms. The molecule has 0 aromatic heterocycles. The standard InChI is InChI=1S/C11H10Br2F2/c1-5(2)8-6-3-4-7(8)10(13)9(6,12)11(10,14)15/h3-4,6-7H,1-2H3/t6-,7+,9-,10+. The van der Waals surface area contributed by atoms with Crippen molar-refractivity contribution in [2.45, 2.75) is 28.4 Å². The van der Waals surface area contributed by atoms with E-state index in [-0.39, 0.29) is 11.8 Å². The van der Waals surface area contributed by atoms with Gasteiger partial charge in [0.1, 0.15) is 8.65 Å². The minimum atomic E-state index is -2.65. The first-order chi connectivity index (χ1) is 6.80. The Morgan fingerprint density at radius 2 is 1.53 bits per heavy atom. The fourth-order valence-corrected chi connectivity index (χ4v) is 5.73. The minimum absolute atomic E-state index is 0.151. The van der Waals surface area contributed by atoms with Gasteiger partial charge in [0.25, 0.3) is 5.92 Å².